The minimum atomic E-state index is 0.0920. The van der Waals surface area contributed by atoms with Crippen LogP contribution in [0.5, 0.6) is 0 Å². The summed E-state index contributed by atoms with van der Waals surface area (Å²) >= 11 is 1.61. The molecule has 0 amide bonds. The van der Waals surface area contributed by atoms with Crippen molar-refractivity contribution in [2.24, 2.45) is 4.99 Å². The van der Waals surface area contributed by atoms with E-state index in [2.05, 4.69) is 61.1 Å². The van der Waals surface area contributed by atoms with Gasteiger partial charge in [0.1, 0.15) is 0 Å². The maximum absolute atomic E-state index is 9.51. The molecule has 0 saturated carbocycles. The van der Waals surface area contributed by atoms with Gasteiger partial charge in [0.05, 0.1) is 18.0 Å². The number of rotatable bonds is 5. The van der Waals surface area contributed by atoms with Gasteiger partial charge in [-0.25, -0.2) is 4.99 Å². The van der Waals surface area contributed by atoms with Gasteiger partial charge in [-0.05, 0) is 35.6 Å². The van der Waals surface area contributed by atoms with Crippen molar-refractivity contribution in [3.05, 3.63) is 69.8 Å². The molecule has 0 aliphatic heterocycles. The van der Waals surface area contributed by atoms with Crippen LogP contribution in [-0.4, -0.2) is 16.3 Å². The Kier molecular flexibility index (Phi) is 5.51. The van der Waals surface area contributed by atoms with Crippen LogP contribution in [0.25, 0.3) is 11.3 Å². The van der Waals surface area contributed by atoms with Crippen LogP contribution < -0.4 is 4.80 Å². The molecule has 4 heteroatoms. The van der Waals surface area contributed by atoms with Crippen LogP contribution in [-0.2, 0) is 6.54 Å². The fourth-order valence-electron chi connectivity index (χ4n) is 2.80. The van der Waals surface area contributed by atoms with Gasteiger partial charge in [-0.15, -0.1) is 11.3 Å². The van der Waals surface area contributed by atoms with E-state index in [-0.39, 0.29) is 6.61 Å². The molecular weight excluding hydrogens is 328 g/mol. The number of aliphatic hydroxyl groups excluding tert-OH is 1. The van der Waals surface area contributed by atoms with E-state index in [0.717, 1.165) is 27.3 Å². The van der Waals surface area contributed by atoms with Crippen molar-refractivity contribution in [3.8, 4) is 11.3 Å². The molecular formula is C21H24N2OS. The molecule has 1 aromatic heterocycles. The highest BCUT2D eigenvalue weighted by molar-refractivity contribution is 7.07. The number of thiazole rings is 1. The van der Waals surface area contributed by atoms with Crippen LogP contribution in [0.1, 0.15) is 30.9 Å². The Balaban J connectivity index is 2.07. The largest absolute Gasteiger partial charge is 0.395 e. The van der Waals surface area contributed by atoms with Crippen molar-refractivity contribution in [2.75, 3.05) is 6.61 Å². The van der Waals surface area contributed by atoms with Crippen molar-refractivity contribution in [2.45, 2.75) is 33.2 Å². The molecule has 1 heterocycles. The van der Waals surface area contributed by atoms with Gasteiger partial charge in [0, 0.05) is 11.9 Å². The fraction of sp³-hybridized carbons (Fsp3) is 0.286. The summed E-state index contributed by atoms with van der Waals surface area (Å²) < 4.78 is 2.10. The Bertz CT molecular complexity index is 904. The zero-order valence-electron chi connectivity index (χ0n) is 14.9. The molecule has 3 rings (SSSR count). The predicted molar refractivity (Wildman–Crippen MR) is 105 cm³/mol. The van der Waals surface area contributed by atoms with E-state index in [0.29, 0.717) is 12.5 Å². The molecule has 2 aromatic carbocycles. The van der Waals surface area contributed by atoms with E-state index in [4.69, 9.17) is 4.99 Å². The third kappa shape index (κ3) is 3.91. The minimum absolute atomic E-state index is 0.0920. The monoisotopic (exact) mass is 352 g/mol. The SMILES string of the molecule is Cc1ccccc1N=c1scc(-c2ccc(C(C)C)cc2)n1CCO. The standard InChI is InChI=1S/C21H24N2OS/c1-15(2)17-8-10-18(11-9-17)20-14-25-21(23(20)12-13-24)22-19-7-5-4-6-16(19)3/h4-11,14-15,24H,12-13H2,1-3H3. The summed E-state index contributed by atoms with van der Waals surface area (Å²) in [5.74, 6) is 0.521. The number of nitrogens with zero attached hydrogens (tertiary/aromatic N) is 2. The summed E-state index contributed by atoms with van der Waals surface area (Å²) in [5.41, 5.74) is 5.70. The first-order valence-electron chi connectivity index (χ1n) is 8.60. The number of aryl methyl sites for hydroxylation is 1. The van der Waals surface area contributed by atoms with Gasteiger partial charge < -0.3 is 9.67 Å². The Labute approximate surface area is 152 Å². The van der Waals surface area contributed by atoms with E-state index >= 15 is 0 Å². The van der Waals surface area contributed by atoms with Gasteiger partial charge in [0.25, 0.3) is 0 Å². The summed E-state index contributed by atoms with van der Waals surface area (Å²) in [5, 5.41) is 11.6. The normalized spacial score (nSPS) is 12.1. The van der Waals surface area contributed by atoms with E-state index in [1.54, 1.807) is 11.3 Å². The molecule has 3 nitrogen and oxygen atoms in total. The van der Waals surface area contributed by atoms with E-state index in [1.165, 1.54) is 5.56 Å². The average Bonchev–Trinajstić information content (AvgIpc) is 3.00. The van der Waals surface area contributed by atoms with Crippen LogP contribution >= 0.6 is 11.3 Å². The second kappa shape index (κ2) is 7.81. The number of aliphatic hydroxyl groups is 1. The van der Waals surface area contributed by atoms with Gasteiger partial charge in [-0.3, -0.25) is 0 Å². The number of aromatic nitrogens is 1. The van der Waals surface area contributed by atoms with Gasteiger partial charge in [0.15, 0.2) is 4.80 Å². The van der Waals surface area contributed by atoms with Crippen LogP contribution in [0, 0.1) is 6.92 Å². The van der Waals surface area contributed by atoms with Gasteiger partial charge >= 0.3 is 0 Å². The Morgan fingerprint density at radius 2 is 1.80 bits per heavy atom. The summed E-state index contributed by atoms with van der Waals surface area (Å²) in [7, 11) is 0. The molecule has 0 aliphatic carbocycles. The fourth-order valence-corrected chi connectivity index (χ4v) is 3.74. The maximum atomic E-state index is 9.51. The Hall–Kier alpha value is -2.17. The van der Waals surface area contributed by atoms with Gasteiger partial charge in [-0.2, -0.15) is 0 Å². The predicted octanol–water partition coefficient (Wildman–Crippen LogP) is 4.87. The van der Waals surface area contributed by atoms with Crippen molar-refractivity contribution in [1.82, 2.24) is 4.57 Å². The highest BCUT2D eigenvalue weighted by Gasteiger charge is 2.09. The first-order chi connectivity index (χ1) is 12.1. The first-order valence-corrected chi connectivity index (χ1v) is 9.48. The third-order valence-electron chi connectivity index (χ3n) is 4.33. The third-order valence-corrected chi connectivity index (χ3v) is 5.19. The smallest absolute Gasteiger partial charge is 0.190 e. The Morgan fingerprint density at radius 1 is 1.08 bits per heavy atom. The molecule has 0 bridgehead atoms. The summed E-state index contributed by atoms with van der Waals surface area (Å²) in [6, 6.07) is 16.8. The van der Waals surface area contributed by atoms with Crippen LogP contribution in [0.3, 0.4) is 0 Å². The number of hydrogen-bond acceptors (Lipinski definition) is 3. The van der Waals surface area contributed by atoms with Crippen molar-refractivity contribution >= 4 is 17.0 Å². The number of para-hydroxylation sites is 1. The molecule has 130 valence electrons. The lowest BCUT2D eigenvalue weighted by Gasteiger charge is -2.10. The van der Waals surface area contributed by atoms with Crippen LogP contribution in [0.4, 0.5) is 5.69 Å². The molecule has 0 fully saturated rings. The van der Waals surface area contributed by atoms with Crippen molar-refractivity contribution in [1.29, 1.82) is 0 Å². The molecule has 25 heavy (non-hydrogen) atoms. The van der Waals surface area contributed by atoms with Crippen molar-refractivity contribution in [3.63, 3.8) is 0 Å². The Morgan fingerprint density at radius 3 is 2.44 bits per heavy atom. The van der Waals surface area contributed by atoms with E-state index in [9.17, 15) is 5.11 Å². The number of benzene rings is 2. The molecule has 0 aliphatic rings. The maximum Gasteiger partial charge on any atom is 0.190 e. The quantitative estimate of drug-likeness (QED) is 0.699. The molecule has 0 radical (unpaired) electrons. The topological polar surface area (TPSA) is 37.5 Å². The van der Waals surface area contributed by atoms with Gasteiger partial charge in [0.2, 0.25) is 0 Å². The summed E-state index contributed by atoms with van der Waals surface area (Å²) in [6.45, 7) is 7.09. The minimum Gasteiger partial charge on any atom is -0.395 e. The van der Waals surface area contributed by atoms with Crippen molar-refractivity contribution < 1.29 is 5.11 Å². The lowest BCUT2D eigenvalue weighted by Crippen LogP contribution is -2.18. The summed E-state index contributed by atoms with van der Waals surface area (Å²) in [4.78, 5) is 5.73. The molecule has 0 unspecified atom stereocenters. The molecule has 0 saturated heterocycles. The second-order valence-electron chi connectivity index (χ2n) is 6.45. The zero-order chi connectivity index (χ0) is 17.8. The molecule has 0 spiro atoms. The average molecular weight is 353 g/mol. The molecule has 1 N–H and O–H groups in total. The number of hydrogen-bond donors (Lipinski definition) is 1. The lowest BCUT2D eigenvalue weighted by atomic mass is 10.0. The van der Waals surface area contributed by atoms with Gasteiger partial charge in [-0.1, -0.05) is 56.3 Å². The van der Waals surface area contributed by atoms with Crippen LogP contribution in [0.15, 0.2) is 58.9 Å². The highest BCUT2D eigenvalue weighted by Crippen LogP contribution is 2.24. The first kappa shape index (κ1) is 17.6. The van der Waals surface area contributed by atoms with E-state index in [1.807, 2.05) is 18.2 Å². The molecule has 0 atom stereocenters. The molecule has 3 aromatic rings. The second-order valence-corrected chi connectivity index (χ2v) is 7.29. The lowest BCUT2D eigenvalue weighted by molar-refractivity contribution is 0.275. The summed E-state index contributed by atoms with van der Waals surface area (Å²) in [6.07, 6.45) is 0. The van der Waals surface area contributed by atoms with Crippen LogP contribution in [0.2, 0.25) is 0 Å². The van der Waals surface area contributed by atoms with E-state index < -0.39 is 0 Å². The zero-order valence-corrected chi connectivity index (χ0v) is 15.8. The highest BCUT2D eigenvalue weighted by atomic mass is 32.1.